The molecule has 8 heteroatoms. The number of nitrogens with zero attached hydrogens (tertiary/aromatic N) is 2. The molecule has 0 aliphatic carbocycles. The Bertz CT molecular complexity index is 1910. The molecule has 0 radical (unpaired) electrons. The molecule has 7 nitrogen and oxygen atoms in total. The van der Waals surface area contributed by atoms with Crippen molar-refractivity contribution in [1.29, 1.82) is 0 Å². The quantitative estimate of drug-likeness (QED) is 0.120. The van der Waals surface area contributed by atoms with Gasteiger partial charge in [0.05, 0.1) is 28.9 Å². The molecule has 1 aliphatic heterocycles. The van der Waals surface area contributed by atoms with E-state index in [4.69, 9.17) is 14.5 Å². The number of ketones is 1. The Morgan fingerprint density at radius 3 is 2.42 bits per heavy atom. The van der Waals surface area contributed by atoms with Gasteiger partial charge in [-0.2, -0.15) is 0 Å². The topological polar surface area (TPSA) is 89.0 Å². The number of aliphatic hydroxyl groups is 1. The fourth-order valence-electron chi connectivity index (χ4n) is 5.31. The Labute approximate surface area is 253 Å². The first-order valence-corrected chi connectivity index (χ1v) is 14.7. The lowest BCUT2D eigenvalue weighted by Gasteiger charge is -2.24. The third kappa shape index (κ3) is 5.26. The molecule has 0 bridgehead atoms. The fraction of sp³-hybridized carbons (Fsp3) is 0.171. The van der Waals surface area contributed by atoms with E-state index in [0.29, 0.717) is 34.4 Å². The van der Waals surface area contributed by atoms with E-state index in [1.807, 2.05) is 87.5 Å². The zero-order chi connectivity index (χ0) is 30.2. The maximum Gasteiger partial charge on any atom is 0.301 e. The lowest BCUT2D eigenvalue weighted by Crippen LogP contribution is -2.29. The number of aromatic nitrogens is 1. The van der Waals surface area contributed by atoms with Gasteiger partial charge in [0.2, 0.25) is 0 Å². The van der Waals surface area contributed by atoms with E-state index < -0.39 is 17.7 Å². The number of benzene rings is 4. The number of fused-ring (bicyclic) bond motifs is 1. The molecule has 2 heterocycles. The number of carbonyl (C=O) groups is 2. The molecule has 6 rings (SSSR count). The predicted octanol–water partition coefficient (Wildman–Crippen LogP) is 7.44. The summed E-state index contributed by atoms with van der Waals surface area (Å²) in [4.78, 5) is 33.6. The predicted molar refractivity (Wildman–Crippen MR) is 169 cm³/mol. The third-order valence-corrected chi connectivity index (χ3v) is 8.59. The van der Waals surface area contributed by atoms with E-state index in [0.717, 1.165) is 32.5 Å². The molecule has 1 saturated heterocycles. The fourth-order valence-corrected chi connectivity index (χ4v) is 6.40. The molecule has 1 fully saturated rings. The van der Waals surface area contributed by atoms with Crippen molar-refractivity contribution in [2.24, 2.45) is 0 Å². The number of ether oxygens (including phenoxy) is 2. The van der Waals surface area contributed by atoms with Gasteiger partial charge in [-0.25, -0.2) is 4.98 Å². The van der Waals surface area contributed by atoms with Crippen molar-refractivity contribution in [3.63, 3.8) is 0 Å². The third-order valence-electron chi connectivity index (χ3n) is 7.57. The van der Waals surface area contributed by atoms with Crippen LogP contribution < -0.4 is 14.4 Å². The van der Waals surface area contributed by atoms with Crippen molar-refractivity contribution in [1.82, 2.24) is 4.98 Å². The molecule has 5 aromatic rings. The molecule has 43 heavy (non-hydrogen) atoms. The van der Waals surface area contributed by atoms with Crippen LogP contribution in [0.25, 0.3) is 16.0 Å². The minimum atomic E-state index is -0.946. The van der Waals surface area contributed by atoms with Crippen LogP contribution in [0.15, 0.2) is 90.5 Å². The minimum Gasteiger partial charge on any atom is -0.507 e. The number of aliphatic hydroxyl groups excluding tert-OH is 1. The highest BCUT2D eigenvalue weighted by Gasteiger charge is 2.48. The largest absolute Gasteiger partial charge is 0.507 e. The van der Waals surface area contributed by atoms with Gasteiger partial charge in [0, 0.05) is 5.56 Å². The van der Waals surface area contributed by atoms with E-state index in [2.05, 4.69) is 0 Å². The number of aryl methyl sites for hydroxylation is 3. The first kappa shape index (κ1) is 28.2. The molecule has 1 aromatic heterocycles. The van der Waals surface area contributed by atoms with E-state index in [9.17, 15) is 14.7 Å². The number of hydrogen-bond acceptors (Lipinski definition) is 7. The van der Waals surface area contributed by atoms with Crippen LogP contribution in [0.3, 0.4) is 0 Å². The highest BCUT2D eigenvalue weighted by atomic mass is 32.1. The molecular formula is C35H30N2O5S. The number of hydrogen-bond donors (Lipinski definition) is 1. The molecule has 1 amide bonds. The lowest BCUT2D eigenvalue weighted by atomic mass is 9.93. The highest BCUT2D eigenvalue weighted by Crippen LogP contribution is 2.46. The van der Waals surface area contributed by atoms with E-state index in [-0.39, 0.29) is 11.3 Å². The van der Waals surface area contributed by atoms with Crippen LogP contribution in [0.5, 0.6) is 11.5 Å². The summed E-state index contributed by atoms with van der Waals surface area (Å²) >= 11 is 1.33. The smallest absolute Gasteiger partial charge is 0.301 e. The van der Waals surface area contributed by atoms with Crippen LogP contribution in [0.2, 0.25) is 0 Å². The molecule has 4 aromatic carbocycles. The van der Waals surface area contributed by atoms with Crippen molar-refractivity contribution in [2.45, 2.75) is 33.4 Å². The summed E-state index contributed by atoms with van der Waals surface area (Å²) in [6.45, 7) is 6.10. The maximum atomic E-state index is 13.8. The van der Waals surface area contributed by atoms with Gasteiger partial charge in [-0.3, -0.25) is 14.5 Å². The number of anilines is 1. The number of Topliss-reactive ketones (excluding diaryl/α,β-unsaturated/α-hetero) is 1. The molecule has 1 aliphatic rings. The number of thiazole rings is 1. The standard InChI is InChI=1S/C35H30N2O5S/c1-20-10-12-22(3)25(16-20)32(38)30-31(24-13-15-27(28(18-24)41-4)42-19-23-8-6-5-7-9-23)37(34(40)33(30)39)35-36-26-14-11-21(2)17-29(26)43-35/h5-18,31,38H,19H2,1-4H3. The van der Waals surface area contributed by atoms with Crippen molar-refractivity contribution in [2.75, 3.05) is 12.0 Å². The van der Waals surface area contributed by atoms with Crippen LogP contribution in [-0.4, -0.2) is 28.9 Å². The zero-order valence-corrected chi connectivity index (χ0v) is 25.1. The van der Waals surface area contributed by atoms with Crippen LogP contribution in [0, 0.1) is 20.8 Å². The Morgan fingerprint density at radius 1 is 0.907 bits per heavy atom. The van der Waals surface area contributed by atoms with Crippen molar-refractivity contribution in [3.05, 3.63) is 124 Å². The second-order valence-electron chi connectivity index (χ2n) is 10.6. The van der Waals surface area contributed by atoms with Gasteiger partial charge in [0.1, 0.15) is 12.4 Å². The van der Waals surface area contributed by atoms with Crippen LogP contribution in [0.1, 0.15) is 39.4 Å². The minimum absolute atomic E-state index is 0.00542. The van der Waals surface area contributed by atoms with Crippen molar-refractivity contribution < 1.29 is 24.2 Å². The molecule has 216 valence electrons. The van der Waals surface area contributed by atoms with Gasteiger partial charge in [-0.05, 0) is 73.4 Å². The van der Waals surface area contributed by atoms with E-state index in [1.54, 1.807) is 18.2 Å². The first-order valence-electron chi connectivity index (χ1n) is 13.9. The van der Waals surface area contributed by atoms with Gasteiger partial charge >= 0.3 is 5.91 Å². The highest BCUT2D eigenvalue weighted by molar-refractivity contribution is 7.22. The SMILES string of the molecule is COc1cc(C2C(=C(O)c3cc(C)ccc3C)C(=O)C(=O)N2c2nc3ccc(C)cc3s2)ccc1OCc1ccccc1. The second-order valence-corrected chi connectivity index (χ2v) is 11.6. The number of carbonyl (C=O) groups excluding carboxylic acids is 2. The van der Waals surface area contributed by atoms with Gasteiger partial charge in [-0.15, -0.1) is 0 Å². The number of amides is 1. The molecular weight excluding hydrogens is 560 g/mol. The summed E-state index contributed by atoms with van der Waals surface area (Å²) in [7, 11) is 1.54. The summed E-state index contributed by atoms with van der Waals surface area (Å²) in [5.41, 5.74) is 5.56. The van der Waals surface area contributed by atoms with Gasteiger partial charge < -0.3 is 14.6 Å². The maximum absolute atomic E-state index is 13.8. The van der Waals surface area contributed by atoms with Crippen LogP contribution in [0.4, 0.5) is 5.13 Å². The molecule has 0 saturated carbocycles. The Hall–Kier alpha value is -4.95. The molecule has 0 spiro atoms. The second kappa shape index (κ2) is 11.4. The average molecular weight is 591 g/mol. The monoisotopic (exact) mass is 590 g/mol. The van der Waals surface area contributed by atoms with E-state index in [1.165, 1.54) is 23.3 Å². The first-order chi connectivity index (χ1) is 20.7. The summed E-state index contributed by atoms with van der Waals surface area (Å²) in [5.74, 6) is -0.812. The Kier molecular flexibility index (Phi) is 7.46. The van der Waals surface area contributed by atoms with Gasteiger partial charge in [0.15, 0.2) is 16.6 Å². The van der Waals surface area contributed by atoms with Crippen molar-refractivity contribution >= 4 is 44.1 Å². The summed E-state index contributed by atoms with van der Waals surface area (Å²) < 4.78 is 12.7. The van der Waals surface area contributed by atoms with Gasteiger partial charge in [0.25, 0.3) is 5.78 Å². The van der Waals surface area contributed by atoms with Gasteiger partial charge in [-0.1, -0.05) is 71.5 Å². The summed E-state index contributed by atoms with van der Waals surface area (Å²) in [5, 5.41) is 12.1. The molecule has 1 atom stereocenters. The lowest BCUT2D eigenvalue weighted by molar-refractivity contribution is -0.132. The Balaban J connectivity index is 1.50. The summed E-state index contributed by atoms with van der Waals surface area (Å²) in [6.07, 6.45) is 0. The Morgan fingerprint density at radius 2 is 1.65 bits per heavy atom. The van der Waals surface area contributed by atoms with Crippen LogP contribution >= 0.6 is 11.3 Å². The normalized spacial score (nSPS) is 16.2. The van der Waals surface area contributed by atoms with E-state index >= 15 is 0 Å². The zero-order valence-electron chi connectivity index (χ0n) is 24.3. The van der Waals surface area contributed by atoms with Crippen LogP contribution in [-0.2, 0) is 16.2 Å². The number of methoxy groups -OCH3 is 1. The average Bonchev–Trinajstić information content (AvgIpc) is 3.54. The number of rotatable bonds is 7. The molecule has 1 unspecified atom stereocenters. The van der Waals surface area contributed by atoms with Crippen molar-refractivity contribution in [3.8, 4) is 11.5 Å². The summed E-state index contributed by atoms with van der Waals surface area (Å²) in [6, 6.07) is 25.6. The molecule has 1 N–H and O–H groups in total.